The summed E-state index contributed by atoms with van der Waals surface area (Å²) in [6.45, 7) is 0. The van der Waals surface area contributed by atoms with Crippen molar-refractivity contribution in [1.29, 1.82) is 0 Å². The van der Waals surface area contributed by atoms with Gasteiger partial charge in [-0.15, -0.1) is 0 Å². The third-order valence-corrected chi connectivity index (χ3v) is 10.9. The number of benzene rings is 8. The van der Waals surface area contributed by atoms with Gasteiger partial charge >= 0.3 is 0 Å². The summed E-state index contributed by atoms with van der Waals surface area (Å²) in [5, 5.41) is 11.8. The molecular formula is C47H27N5. The molecule has 4 heterocycles. The fourth-order valence-corrected chi connectivity index (χ4v) is 8.73. The largest absolute Gasteiger partial charge is 0.308 e. The average molecular weight is 662 g/mol. The van der Waals surface area contributed by atoms with Crippen molar-refractivity contribution in [3.05, 3.63) is 164 Å². The molecule has 12 rings (SSSR count). The monoisotopic (exact) mass is 661 g/mol. The number of nitrogens with zero attached hydrogens (tertiary/aromatic N) is 5. The maximum atomic E-state index is 5.37. The zero-order valence-electron chi connectivity index (χ0n) is 27.8. The lowest BCUT2D eigenvalue weighted by Gasteiger charge is -2.13. The van der Waals surface area contributed by atoms with Crippen LogP contribution in [0.2, 0.25) is 0 Å². The lowest BCUT2D eigenvalue weighted by Crippen LogP contribution is -2.07. The second kappa shape index (κ2) is 10.2. The number of rotatable bonds is 3. The van der Waals surface area contributed by atoms with Crippen LogP contribution in [0.15, 0.2) is 164 Å². The smallest absolute Gasteiger partial charge is 0.238 e. The van der Waals surface area contributed by atoms with Gasteiger partial charge in [-0.25, -0.2) is 4.98 Å². The molecule has 0 N–H and O–H groups in total. The number of fused-ring (bicyclic) bond motifs is 8. The van der Waals surface area contributed by atoms with Crippen molar-refractivity contribution in [3.8, 4) is 28.7 Å². The van der Waals surface area contributed by atoms with Crippen LogP contribution in [0.3, 0.4) is 0 Å². The summed E-state index contributed by atoms with van der Waals surface area (Å²) in [7, 11) is 0. The van der Waals surface area contributed by atoms with Crippen LogP contribution in [0.25, 0.3) is 110 Å². The molecule has 8 aromatic carbocycles. The Balaban J connectivity index is 1.27. The minimum absolute atomic E-state index is 0.592. The van der Waals surface area contributed by atoms with Gasteiger partial charge in [-0.1, -0.05) is 140 Å². The maximum absolute atomic E-state index is 5.37. The number of hydrogen-bond donors (Lipinski definition) is 0. The predicted molar refractivity (Wildman–Crippen MR) is 215 cm³/mol. The first-order valence-electron chi connectivity index (χ1n) is 17.6. The molecule has 5 heteroatoms. The average Bonchev–Trinajstić information content (AvgIpc) is 3.69. The van der Waals surface area contributed by atoms with E-state index in [-0.39, 0.29) is 0 Å². The summed E-state index contributed by atoms with van der Waals surface area (Å²) in [4.78, 5) is 16.0. The summed E-state index contributed by atoms with van der Waals surface area (Å²) in [5.41, 5.74) is 7.66. The Morgan fingerprint density at radius 1 is 0.327 bits per heavy atom. The van der Waals surface area contributed by atoms with Crippen LogP contribution in [0.5, 0.6) is 0 Å². The van der Waals surface area contributed by atoms with Crippen LogP contribution in [0.1, 0.15) is 0 Å². The Bertz CT molecular complexity index is 3320. The van der Waals surface area contributed by atoms with E-state index in [1.165, 1.54) is 48.9 Å². The van der Waals surface area contributed by atoms with Crippen molar-refractivity contribution in [2.24, 2.45) is 0 Å². The van der Waals surface area contributed by atoms with Gasteiger partial charge in [0.05, 0.1) is 27.6 Å². The fraction of sp³-hybridized carbons (Fsp3) is 0. The molecular weight excluding hydrogens is 635 g/mol. The van der Waals surface area contributed by atoms with E-state index in [0.29, 0.717) is 17.6 Å². The second-order valence-electron chi connectivity index (χ2n) is 13.6. The van der Waals surface area contributed by atoms with Crippen molar-refractivity contribution < 1.29 is 0 Å². The third-order valence-electron chi connectivity index (χ3n) is 10.9. The molecule has 0 aliphatic rings. The van der Waals surface area contributed by atoms with E-state index in [2.05, 4.69) is 173 Å². The highest BCUT2D eigenvalue weighted by Gasteiger charge is 2.25. The summed E-state index contributed by atoms with van der Waals surface area (Å²) >= 11 is 0. The van der Waals surface area contributed by atoms with E-state index in [1.54, 1.807) is 0 Å². The van der Waals surface area contributed by atoms with Crippen molar-refractivity contribution in [2.75, 3.05) is 0 Å². The van der Waals surface area contributed by atoms with Crippen molar-refractivity contribution in [1.82, 2.24) is 23.9 Å². The molecule has 0 saturated heterocycles. The zero-order chi connectivity index (χ0) is 33.9. The summed E-state index contributed by atoms with van der Waals surface area (Å²) in [6, 6.07) is 58.3. The van der Waals surface area contributed by atoms with Crippen molar-refractivity contribution in [2.45, 2.75) is 0 Å². The molecule has 0 radical (unpaired) electrons. The van der Waals surface area contributed by atoms with E-state index >= 15 is 0 Å². The van der Waals surface area contributed by atoms with E-state index < -0.39 is 0 Å². The first-order valence-corrected chi connectivity index (χ1v) is 17.6. The molecule has 0 saturated carbocycles. The van der Waals surface area contributed by atoms with Crippen LogP contribution in [0, 0.1) is 0 Å². The van der Waals surface area contributed by atoms with Gasteiger partial charge in [0.15, 0.2) is 11.6 Å². The third kappa shape index (κ3) is 3.64. The van der Waals surface area contributed by atoms with Crippen LogP contribution in [0.4, 0.5) is 0 Å². The molecule has 0 atom stereocenters. The molecule has 4 aromatic heterocycles. The van der Waals surface area contributed by atoms with Gasteiger partial charge in [0.1, 0.15) is 0 Å². The molecule has 0 bridgehead atoms. The molecule has 12 aromatic rings. The SMILES string of the molecule is c1ccc2c(-c3nc(-c4cccc5ccccc45)nc(-n4c5cccc6c7ccccc7n7c8ccccc8c8ccc4c(c65)c87)n3)cccc2c1. The minimum Gasteiger partial charge on any atom is -0.308 e. The summed E-state index contributed by atoms with van der Waals surface area (Å²) in [6.07, 6.45) is 0. The summed E-state index contributed by atoms with van der Waals surface area (Å²) < 4.78 is 4.72. The maximum Gasteiger partial charge on any atom is 0.238 e. The first-order chi connectivity index (χ1) is 25.8. The van der Waals surface area contributed by atoms with Gasteiger partial charge in [-0.2, -0.15) is 9.97 Å². The van der Waals surface area contributed by atoms with Gasteiger partial charge in [0, 0.05) is 38.1 Å². The second-order valence-corrected chi connectivity index (χ2v) is 13.6. The van der Waals surface area contributed by atoms with Gasteiger partial charge in [0.25, 0.3) is 0 Å². The Morgan fingerprint density at radius 2 is 0.808 bits per heavy atom. The topological polar surface area (TPSA) is 48.0 Å². The van der Waals surface area contributed by atoms with Crippen LogP contribution in [-0.2, 0) is 0 Å². The van der Waals surface area contributed by atoms with E-state index in [0.717, 1.165) is 43.7 Å². The number of aromatic nitrogens is 5. The van der Waals surface area contributed by atoms with Crippen molar-refractivity contribution >= 4 is 81.4 Å². The van der Waals surface area contributed by atoms with Gasteiger partial charge in [-0.05, 0) is 51.2 Å². The van der Waals surface area contributed by atoms with Crippen LogP contribution < -0.4 is 0 Å². The Labute approximate surface area is 297 Å². The van der Waals surface area contributed by atoms with Gasteiger partial charge in [0.2, 0.25) is 5.95 Å². The fourth-order valence-electron chi connectivity index (χ4n) is 8.73. The number of para-hydroxylation sites is 2. The Hall–Kier alpha value is -7.11. The Morgan fingerprint density at radius 3 is 1.46 bits per heavy atom. The number of hydrogen-bond acceptors (Lipinski definition) is 3. The molecule has 0 aliphatic heterocycles. The Kier molecular flexibility index (Phi) is 5.44. The molecule has 0 amide bonds. The minimum atomic E-state index is 0.592. The van der Waals surface area contributed by atoms with Crippen molar-refractivity contribution in [3.63, 3.8) is 0 Å². The molecule has 0 unspecified atom stereocenters. The highest BCUT2D eigenvalue weighted by atomic mass is 15.2. The summed E-state index contributed by atoms with van der Waals surface area (Å²) in [5.74, 6) is 1.88. The van der Waals surface area contributed by atoms with Crippen LogP contribution >= 0.6 is 0 Å². The highest BCUT2D eigenvalue weighted by molar-refractivity contribution is 6.33. The zero-order valence-corrected chi connectivity index (χ0v) is 27.8. The van der Waals surface area contributed by atoms with E-state index in [4.69, 9.17) is 15.0 Å². The molecule has 240 valence electrons. The molecule has 5 nitrogen and oxygen atoms in total. The van der Waals surface area contributed by atoms with Crippen LogP contribution in [-0.4, -0.2) is 23.9 Å². The first kappa shape index (κ1) is 27.7. The predicted octanol–water partition coefficient (Wildman–Crippen LogP) is 11.8. The van der Waals surface area contributed by atoms with E-state index in [9.17, 15) is 0 Å². The molecule has 0 aliphatic carbocycles. The molecule has 0 fully saturated rings. The highest BCUT2D eigenvalue weighted by Crippen LogP contribution is 2.45. The van der Waals surface area contributed by atoms with E-state index in [1.807, 2.05) is 0 Å². The molecule has 0 spiro atoms. The lowest BCUT2D eigenvalue weighted by atomic mass is 10.0. The lowest BCUT2D eigenvalue weighted by molar-refractivity contribution is 0.955. The quantitative estimate of drug-likeness (QED) is 0.189. The van der Waals surface area contributed by atoms with Gasteiger partial charge < -0.3 is 4.40 Å². The normalized spacial score (nSPS) is 12.2. The standard InChI is InChI=1S/C47H27N5/c1-3-16-30-28(12-1)14-9-21-36(30)45-48-46(37-22-10-15-29-13-2-4-17-31(29)37)50-47(49-45)52-40-25-11-20-34-32-18-5-7-23-38(32)51-39-24-8-6-19-33(39)35-26-27-41(52)43(42(34)40)44(35)51/h1-27H. The van der Waals surface area contributed by atoms with Gasteiger partial charge in [-0.3, -0.25) is 4.57 Å². The molecule has 52 heavy (non-hydrogen) atoms.